The highest BCUT2D eigenvalue weighted by Crippen LogP contribution is 2.41. The number of piperidine rings is 1. The summed E-state index contributed by atoms with van der Waals surface area (Å²) in [7, 11) is 0. The molecule has 0 aliphatic carbocycles. The molecule has 7 heteroatoms. The number of fused-ring (bicyclic) bond motifs is 1. The molecule has 1 radical (unpaired) electrons. The van der Waals surface area contributed by atoms with Gasteiger partial charge in [0, 0.05) is 36.8 Å². The van der Waals surface area contributed by atoms with Crippen molar-refractivity contribution in [2.24, 2.45) is 11.1 Å². The second kappa shape index (κ2) is 4.82. The van der Waals surface area contributed by atoms with Crippen molar-refractivity contribution in [2.75, 3.05) is 24.6 Å². The summed E-state index contributed by atoms with van der Waals surface area (Å²) in [4.78, 5) is 24.4. The topological polar surface area (TPSA) is 100 Å². The highest BCUT2D eigenvalue weighted by molar-refractivity contribution is 5.74. The molecule has 2 aromatic heterocycles. The standard InChI is InChI=1S/C15H20N5O2/c1-9-11(16)15(8-22-9)3-6-20(7-4-15)14-18-12-10(2-5-17-12)13(21)19-14/h5,9,11H,3-4,6-8,16H2,1H3,(H2,17,18,19,21)/t9-,11+/m0/s1. The van der Waals surface area contributed by atoms with Gasteiger partial charge in [0.2, 0.25) is 5.95 Å². The van der Waals surface area contributed by atoms with Gasteiger partial charge in [-0.2, -0.15) is 4.98 Å². The summed E-state index contributed by atoms with van der Waals surface area (Å²) in [6.45, 7) is 4.42. The van der Waals surface area contributed by atoms with Crippen LogP contribution in [0.4, 0.5) is 5.95 Å². The fraction of sp³-hybridized carbons (Fsp3) is 0.600. The zero-order valence-corrected chi connectivity index (χ0v) is 12.6. The predicted molar refractivity (Wildman–Crippen MR) is 82.8 cm³/mol. The van der Waals surface area contributed by atoms with Crippen LogP contribution in [0.3, 0.4) is 0 Å². The summed E-state index contributed by atoms with van der Waals surface area (Å²) >= 11 is 0. The molecular weight excluding hydrogens is 282 g/mol. The maximum Gasteiger partial charge on any atom is 0.262 e. The largest absolute Gasteiger partial charge is 0.376 e. The average Bonchev–Trinajstić information content (AvgIpc) is 3.10. The second-order valence-electron chi connectivity index (χ2n) is 6.44. The van der Waals surface area contributed by atoms with Crippen molar-refractivity contribution in [1.29, 1.82) is 0 Å². The van der Waals surface area contributed by atoms with Crippen LogP contribution in [-0.4, -0.2) is 46.8 Å². The van der Waals surface area contributed by atoms with Crippen LogP contribution in [0.1, 0.15) is 19.8 Å². The van der Waals surface area contributed by atoms with Gasteiger partial charge in [-0.15, -0.1) is 0 Å². The van der Waals surface area contributed by atoms with Crippen LogP contribution in [-0.2, 0) is 4.74 Å². The zero-order valence-electron chi connectivity index (χ0n) is 12.6. The highest BCUT2D eigenvalue weighted by Gasteiger charge is 2.47. The lowest BCUT2D eigenvalue weighted by Gasteiger charge is -2.41. The van der Waals surface area contributed by atoms with Crippen molar-refractivity contribution in [1.82, 2.24) is 15.0 Å². The minimum atomic E-state index is -0.156. The Morgan fingerprint density at radius 2 is 2.27 bits per heavy atom. The van der Waals surface area contributed by atoms with Crippen molar-refractivity contribution in [3.05, 3.63) is 22.6 Å². The molecule has 117 valence electrons. The molecule has 0 bridgehead atoms. The summed E-state index contributed by atoms with van der Waals surface area (Å²) in [5.74, 6) is 0.615. The molecule has 4 heterocycles. The van der Waals surface area contributed by atoms with E-state index >= 15 is 0 Å². The van der Waals surface area contributed by atoms with Crippen LogP contribution in [0.5, 0.6) is 0 Å². The third-order valence-electron chi connectivity index (χ3n) is 5.24. The first-order chi connectivity index (χ1) is 10.6. The number of nitrogens with two attached hydrogens (primary N) is 1. The maximum atomic E-state index is 12.0. The van der Waals surface area contributed by atoms with Crippen molar-refractivity contribution in [3.63, 3.8) is 0 Å². The summed E-state index contributed by atoms with van der Waals surface area (Å²) in [6.07, 6.45) is 3.64. The van der Waals surface area contributed by atoms with E-state index in [1.807, 2.05) is 6.92 Å². The molecular formula is C15H20N5O2. The molecule has 2 aliphatic rings. The number of H-pyrrole nitrogens is 2. The van der Waals surface area contributed by atoms with E-state index in [1.54, 1.807) is 6.20 Å². The van der Waals surface area contributed by atoms with Gasteiger partial charge in [0.05, 0.1) is 18.1 Å². The Balaban J connectivity index is 1.57. The van der Waals surface area contributed by atoms with Gasteiger partial charge in [-0.3, -0.25) is 9.78 Å². The Bertz CT molecular complexity index is 744. The van der Waals surface area contributed by atoms with Gasteiger partial charge in [-0.05, 0) is 19.8 Å². The van der Waals surface area contributed by atoms with Gasteiger partial charge in [0.1, 0.15) is 5.65 Å². The molecule has 2 fully saturated rings. The molecule has 4 N–H and O–H groups in total. The lowest BCUT2D eigenvalue weighted by molar-refractivity contribution is 0.0973. The Hall–Kier alpha value is -1.86. The lowest BCUT2D eigenvalue weighted by Crippen LogP contribution is -2.51. The highest BCUT2D eigenvalue weighted by atomic mass is 16.5. The molecule has 0 saturated carbocycles. The molecule has 22 heavy (non-hydrogen) atoms. The van der Waals surface area contributed by atoms with E-state index in [0.29, 0.717) is 17.0 Å². The molecule has 2 aliphatic heterocycles. The molecule has 0 aromatic carbocycles. The number of ether oxygens (including phenoxy) is 1. The number of aromatic amines is 2. The number of anilines is 1. The molecule has 7 nitrogen and oxygen atoms in total. The Labute approximate surface area is 127 Å². The van der Waals surface area contributed by atoms with Crippen LogP contribution >= 0.6 is 0 Å². The van der Waals surface area contributed by atoms with Gasteiger partial charge in [0.15, 0.2) is 0 Å². The number of nitrogens with one attached hydrogen (secondary N) is 2. The molecule has 2 saturated heterocycles. The van der Waals surface area contributed by atoms with Crippen molar-refractivity contribution in [3.8, 4) is 0 Å². The average molecular weight is 302 g/mol. The number of hydrogen-bond donors (Lipinski definition) is 3. The van der Waals surface area contributed by atoms with Gasteiger partial charge in [-0.1, -0.05) is 0 Å². The van der Waals surface area contributed by atoms with E-state index in [0.717, 1.165) is 32.5 Å². The predicted octanol–water partition coefficient (Wildman–Crippen LogP) is 0.384. The molecule has 2 aromatic rings. The van der Waals surface area contributed by atoms with Gasteiger partial charge in [0.25, 0.3) is 5.56 Å². The summed E-state index contributed by atoms with van der Waals surface area (Å²) < 4.78 is 5.74. The van der Waals surface area contributed by atoms with Gasteiger partial charge >= 0.3 is 0 Å². The molecule has 0 unspecified atom stereocenters. The van der Waals surface area contributed by atoms with Crippen LogP contribution in [0.2, 0.25) is 0 Å². The minimum absolute atomic E-state index is 0.0700. The Morgan fingerprint density at radius 1 is 1.50 bits per heavy atom. The first kappa shape index (κ1) is 13.8. The van der Waals surface area contributed by atoms with Crippen molar-refractivity contribution < 1.29 is 4.74 Å². The molecule has 4 rings (SSSR count). The number of nitrogens with zero attached hydrogens (tertiary/aromatic N) is 2. The normalized spacial score (nSPS) is 27.8. The monoisotopic (exact) mass is 302 g/mol. The van der Waals surface area contributed by atoms with Crippen LogP contribution in [0.25, 0.3) is 11.0 Å². The lowest BCUT2D eigenvalue weighted by atomic mass is 9.73. The van der Waals surface area contributed by atoms with Gasteiger partial charge in [-0.25, -0.2) is 0 Å². The van der Waals surface area contributed by atoms with E-state index in [4.69, 9.17) is 10.5 Å². The SMILES string of the molecule is C[C@@H]1OCC2(CCN(c3nc4[nH]c[c]c4c(=O)[nH]3)CC2)[C@@H]1N. The minimum Gasteiger partial charge on any atom is -0.376 e. The fourth-order valence-electron chi connectivity index (χ4n) is 3.66. The zero-order chi connectivity index (χ0) is 15.3. The third kappa shape index (κ3) is 1.96. The Morgan fingerprint density at radius 3 is 2.95 bits per heavy atom. The first-order valence-corrected chi connectivity index (χ1v) is 7.70. The van der Waals surface area contributed by atoms with E-state index in [-0.39, 0.29) is 23.1 Å². The van der Waals surface area contributed by atoms with E-state index in [1.165, 1.54) is 0 Å². The molecule has 2 atom stereocenters. The van der Waals surface area contributed by atoms with Crippen molar-refractivity contribution >= 4 is 17.0 Å². The van der Waals surface area contributed by atoms with Crippen LogP contribution in [0, 0.1) is 11.5 Å². The van der Waals surface area contributed by atoms with E-state index in [9.17, 15) is 4.79 Å². The fourth-order valence-corrected chi connectivity index (χ4v) is 3.66. The first-order valence-electron chi connectivity index (χ1n) is 7.70. The summed E-state index contributed by atoms with van der Waals surface area (Å²) in [6, 6.07) is 2.94. The maximum absolute atomic E-state index is 12.0. The number of aromatic nitrogens is 3. The smallest absolute Gasteiger partial charge is 0.262 e. The summed E-state index contributed by atoms with van der Waals surface area (Å²) in [5.41, 5.74) is 6.82. The third-order valence-corrected chi connectivity index (χ3v) is 5.24. The number of hydrogen-bond acceptors (Lipinski definition) is 5. The Kier molecular flexibility index (Phi) is 3.02. The quantitative estimate of drug-likeness (QED) is 0.707. The van der Waals surface area contributed by atoms with E-state index < -0.39 is 0 Å². The second-order valence-corrected chi connectivity index (χ2v) is 6.44. The van der Waals surface area contributed by atoms with Crippen LogP contribution < -0.4 is 16.2 Å². The molecule has 1 spiro atoms. The van der Waals surface area contributed by atoms with Gasteiger partial charge < -0.3 is 20.4 Å². The molecule has 0 amide bonds. The number of rotatable bonds is 1. The summed E-state index contributed by atoms with van der Waals surface area (Å²) in [5, 5.41) is 0.470. The van der Waals surface area contributed by atoms with Crippen LogP contribution in [0.15, 0.2) is 11.0 Å². The van der Waals surface area contributed by atoms with Crippen molar-refractivity contribution in [2.45, 2.75) is 31.9 Å². The van der Waals surface area contributed by atoms with E-state index in [2.05, 4.69) is 25.9 Å².